The topological polar surface area (TPSA) is 92.2 Å². The van der Waals surface area contributed by atoms with Crippen LogP contribution < -0.4 is 5.32 Å². The van der Waals surface area contributed by atoms with Crippen LogP contribution in [0.3, 0.4) is 0 Å². The SMILES string of the molecule is O=C(CCSc1ncccn1)Nc1ccc(Cl)c(C(=O)O)c1. The number of carboxylic acids is 1. The number of aromatic carboxylic acids is 1. The zero-order valence-electron chi connectivity index (χ0n) is 11.3. The van der Waals surface area contributed by atoms with E-state index >= 15 is 0 Å². The number of hydrogen-bond donors (Lipinski definition) is 2. The van der Waals surface area contributed by atoms with Gasteiger partial charge < -0.3 is 10.4 Å². The van der Waals surface area contributed by atoms with Gasteiger partial charge in [-0.2, -0.15) is 0 Å². The summed E-state index contributed by atoms with van der Waals surface area (Å²) in [6.45, 7) is 0. The molecule has 22 heavy (non-hydrogen) atoms. The second kappa shape index (κ2) is 7.77. The van der Waals surface area contributed by atoms with Gasteiger partial charge in [0.05, 0.1) is 10.6 Å². The Labute approximate surface area is 135 Å². The Morgan fingerprint density at radius 1 is 1.27 bits per heavy atom. The van der Waals surface area contributed by atoms with Gasteiger partial charge in [-0.1, -0.05) is 23.4 Å². The van der Waals surface area contributed by atoms with E-state index in [2.05, 4.69) is 15.3 Å². The number of anilines is 1. The molecule has 1 amide bonds. The third kappa shape index (κ3) is 4.71. The summed E-state index contributed by atoms with van der Waals surface area (Å²) in [4.78, 5) is 30.9. The molecule has 0 radical (unpaired) electrons. The molecule has 0 aliphatic rings. The summed E-state index contributed by atoms with van der Waals surface area (Å²) in [6.07, 6.45) is 3.53. The van der Waals surface area contributed by atoms with Gasteiger partial charge in [-0.25, -0.2) is 14.8 Å². The third-order valence-electron chi connectivity index (χ3n) is 2.58. The average Bonchev–Trinajstić information content (AvgIpc) is 2.50. The average molecular weight is 338 g/mol. The minimum Gasteiger partial charge on any atom is -0.478 e. The lowest BCUT2D eigenvalue weighted by Crippen LogP contribution is -2.13. The molecule has 0 bridgehead atoms. The number of rotatable bonds is 6. The van der Waals surface area contributed by atoms with Crippen molar-refractivity contribution in [1.29, 1.82) is 0 Å². The maximum atomic E-state index is 11.8. The Kier molecular flexibility index (Phi) is 5.74. The number of amides is 1. The normalized spacial score (nSPS) is 10.2. The lowest BCUT2D eigenvalue weighted by molar-refractivity contribution is -0.115. The Morgan fingerprint density at radius 3 is 2.68 bits per heavy atom. The monoisotopic (exact) mass is 337 g/mol. The summed E-state index contributed by atoms with van der Waals surface area (Å²) in [5.41, 5.74) is 0.347. The van der Waals surface area contributed by atoms with Crippen LogP contribution >= 0.6 is 23.4 Å². The van der Waals surface area contributed by atoms with Crippen molar-refractivity contribution < 1.29 is 14.7 Å². The van der Waals surface area contributed by atoms with E-state index in [-0.39, 0.29) is 22.9 Å². The summed E-state index contributed by atoms with van der Waals surface area (Å²) >= 11 is 7.14. The van der Waals surface area contributed by atoms with Crippen molar-refractivity contribution in [2.24, 2.45) is 0 Å². The number of carbonyl (C=O) groups excluding carboxylic acids is 1. The fourth-order valence-corrected chi connectivity index (χ4v) is 2.52. The standard InChI is InChI=1S/C14H12ClN3O3S/c15-11-3-2-9(8-10(11)13(20)21)18-12(19)4-7-22-14-16-5-1-6-17-14/h1-3,5-6,8H,4,7H2,(H,18,19)(H,20,21). The van der Waals surface area contributed by atoms with E-state index in [1.807, 2.05) is 0 Å². The van der Waals surface area contributed by atoms with Gasteiger partial charge in [0.1, 0.15) is 0 Å². The molecule has 6 nitrogen and oxygen atoms in total. The highest BCUT2D eigenvalue weighted by Crippen LogP contribution is 2.21. The number of nitrogens with one attached hydrogen (secondary N) is 1. The fourth-order valence-electron chi connectivity index (χ4n) is 1.59. The number of thioether (sulfide) groups is 1. The number of nitrogens with zero attached hydrogens (tertiary/aromatic N) is 2. The molecule has 114 valence electrons. The van der Waals surface area contributed by atoms with E-state index in [4.69, 9.17) is 16.7 Å². The molecule has 0 atom stereocenters. The minimum atomic E-state index is -1.14. The second-order valence-corrected chi connectivity index (χ2v) is 5.65. The largest absolute Gasteiger partial charge is 0.478 e. The van der Waals surface area contributed by atoms with Crippen LogP contribution in [0.15, 0.2) is 41.8 Å². The van der Waals surface area contributed by atoms with Crippen molar-refractivity contribution in [3.05, 3.63) is 47.2 Å². The van der Waals surface area contributed by atoms with Crippen LogP contribution in [-0.4, -0.2) is 32.7 Å². The van der Waals surface area contributed by atoms with E-state index in [0.29, 0.717) is 16.6 Å². The first-order chi connectivity index (χ1) is 10.6. The van der Waals surface area contributed by atoms with Gasteiger partial charge in [-0.3, -0.25) is 4.79 Å². The number of benzene rings is 1. The van der Waals surface area contributed by atoms with Gasteiger partial charge in [0, 0.05) is 30.3 Å². The highest BCUT2D eigenvalue weighted by molar-refractivity contribution is 7.99. The molecule has 8 heteroatoms. The lowest BCUT2D eigenvalue weighted by atomic mass is 10.2. The molecule has 2 rings (SSSR count). The summed E-state index contributed by atoms with van der Waals surface area (Å²) in [6, 6.07) is 6.04. The Bertz CT molecular complexity index is 682. The van der Waals surface area contributed by atoms with Crippen molar-refractivity contribution in [3.63, 3.8) is 0 Å². The predicted molar refractivity (Wildman–Crippen MR) is 84.4 cm³/mol. The molecule has 0 unspecified atom stereocenters. The van der Waals surface area contributed by atoms with Crippen molar-refractivity contribution in [2.45, 2.75) is 11.6 Å². The van der Waals surface area contributed by atoms with Gasteiger partial charge in [0.2, 0.25) is 5.91 Å². The predicted octanol–water partition coefficient (Wildman–Crippen LogP) is 2.95. The van der Waals surface area contributed by atoms with E-state index in [0.717, 1.165) is 0 Å². The van der Waals surface area contributed by atoms with Crippen LogP contribution in [0, 0.1) is 0 Å². The molecular formula is C14H12ClN3O3S. The highest BCUT2D eigenvalue weighted by atomic mass is 35.5. The van der Waals surface area contributed by atoms with E-state index in [1.54, 1.807) is 24.5 Å². The molecular weight excluding hydrogens is 326 g/mol. The Morgan fingerprint density at radius 2 is 2.00 bits per heavy atom. The first kappa shape index (κ1) is 16.3. The molecule has 0 aliphatic heterocycles. The van der Waals surface area contributed by atoms with Gasteiger partial charge in [-0.05, 0) is 24.3 Å². The van der Waals surface area contributed by atoms with E-state index < -0.39 is 5.97 Å². The molecule has 0 saturated carbocycles. The summed E-state index contributed by atoms with van der Waals surface area (Å²) < 4.78 is 0. The van der Waals surface area contributed by atoms with Gasteiger partial charge in [0.15, 0.2) is 5.16 Å². The Hall–Kier alpha value is -2.12. The van der Waals surface area contributed by atoms with Crippen LogP contribution in [0.4, 0.5) is 5.69 Å². The molecule has 0 spiro atoms. The maximum Gasteiger partial charge on any atom is 0.337 e. The zero-order valence-corrected chi connectivity index (χ0v) is 12.9. The number of halogens is 1. The first-order valence-electron chi connectivity index (χ1n) is 6.29. The number of carboxylic acid groups (broad SMARTS) is 1. The number of hydrogen-bond acceptors (Lipinski definition) is 5. The molecule has 2 N–H and O–H groups in total. The molecule has 2 aromatic rings. The summed E-state index contributed by atoms with van der Waals surface area (Å²) in [5.74, 6) is -0.838. The van der Waals surface area contributed by atoms with Crippen LogP contribution in [0.25, 0.3) is 0 Å². The molecule has 1 aromatic heterocycles. The molecule has 0 saturated heterocycles. The third-order valence-corrected chi connectivity index (χ3v) is 3.79. The van der Waals surface area contributed by atoms with E-state index in [1.165, 1.54) is 23.9 Å². The fraction of sp³-hybridized carbons (Fsp3) is 0.143. The summed E-state index contributed by atoms with van der Waals surface area (Å²) in [5, 5.41) is 12.3. The molecule has 0 fully saturated rings. The zero-order chi connectivity index (χ0) is 15.9. The van der Waals surface area contributed by atoms with Crippen LogP contribution in [0.1, 0.15) is 16.8 Å². The molecule has 0 aliphatic carbocycles. The second-order valence-electron chi connectivity index (χ2n) is 4.18. The Balaban J connectivity index is 1.87. The van der Waals surface area contributed by atoms with E-state index in [9.17, 15) is 9.59 Å². The smallest absolute Gasteiger partial charge is 0.337 e. The number of aromatic nitrogens is 2. The van der Waals surface area contributed by atoms with Crippen LogP contribution in [0.2, 0.25) is 5.02 Å². The first-order valence-corrected chi connectivity index (χ1v) is 7.65. The quantitative estimate of drug-likeness (QED) is 0.622. The maximum absolute atomic E-state index is 11.8. The highest BCUT2D eigenvalue weighted by Gasteiger charge is 2.11. The van der Waals surface area contributed by atoms with Gasteiger partial charge >= 0.3 is 5.97 Å². The van der Waals surface area contributed by atoms with Crippen molar-refractivity contribution in [1.82, 2.24) is 9.97 Å². The van der Waals surface area contributed by atoms with Crippen molar-refractivity contribution in [2.75, 3.05) is 11.1 Å². The van der Waals surface area contributed by atoms with Crippen molar-refractivity contribution >= 4 is 40.9 Å². The van der Waals surface area contributed by atoms with Crippen molar-refractivity contribution in [3.8, 4) is 0 Å². The van der Waals surface area contributed by atoms with Crippen LogP contribution in [-0.2, 0) is 4.79 Å². The summed E-state index contributed by atoms with van der Waals surface area (Å²) in [7, 11) is 0. The van der Waals surface area contributed by atoms with Gasteiger partial charge in [0.25, 0.3) is 0 Å². The van der Waals surface area contributed by atoms with Crippen LogP contribution in [0.5, 0.6) is 0 Å². The minimum absolute atomic E-state index is 0.0495. The molecule has 1 heterocycles. The molecule has 1 aromatic carbocycles. The van der Waals surface area contributed by atoms with Gasteiger partial charge in [-0.15, -0.1) is 0 Å². The number of carbonyl (C=O) groups is 2. The lowest BCUT2D eigenvalue weighted by Gasteiger charge is -2.07.